The van der Waals surface area contributed by atoms with Crippen molar-refractivity contribution in [2.45, 2.75) is 40.0 Å². The molecule has 16 heavy (non-hydrogen) atoms. The van der Waals surface area contributed by atoms with Crippen molar-refractivity contribution in [3.8, 4) is 0 Å². The molecule has 1 aromatic carbocycles. The lowest BCUT2D eigenvalue weighted by Gasteiger charge is -2.12. The largest absolute Gasteiger partial charge is 0.299 e. The monoisotopic (exact) mass is 222 g/mol. The summed E-state index contributed by atoms with van der Waals surface area (Å²) in [4.78, 5) is 11.9. The van der Waals surface area contributed by atoms with Crippen LogP contribution in [-0.4, -0.2) is 5.78 Å². The number of halogens is 1. The number of Topliss-reactive ketones (excluding diaryl/α,β-unsaturated/α-hetero) is 1. The van der Waals surface area contributed by atoms with E-state index in [2.05, 4.69) is 0 Å². The van der Waals surface area contributed by atoms with Gasteiger partial charge in [0.05, 0.1) is 0 Å². The Morgan fingerprint density at radius 1 is 1.31 bits per heavy atom. The lowest BCUT2D eigenvalue weighted by atomic mass is 9.92. The van der Waals surface area contributed by atoms with Crippen LogP contribution in [0, 0.1) is 18.7 Å². The van der Waals surface area contributed by atoms with E-state index in [0.29, 0.717) is 6.42 Å². The van der Waals surface area contributed by atoms with Gasteiger partial charge < -0.3 is 0 Å². The molecule has 0 amide bonds. The zero-order valence-electron chi connectivity index (χ0n) is 10.2. The van der Waals surface area contributed by atoms with E-state index in [-0.39, 0.29) is 17.5 Å². The van der Waals surface area contributed by atoms with Gasteiger partial charge in [-0.25, -0.2) is 4.39 Å². The number of carbonyl (C=O) groups is 1. The first-order valence-corrected chi connectivity index (χ1v) is 5.86. The Morgan fingerprint density at radius 3 is 2.44 bits per heavy atom. The highest BCUT2D eigenvalue weighted by Gasteiger charge is 2.15. The van der Waals surface area contributed by atoms with Gasteiger partial charge in [-0.1, -0.05) is 19.9 Å². The summed E-state index contributed by atoms with van der Waals surface area (Å²) in [6, 6.07) is 4.61. The third-order valence-corrected chi connectivity index (χ3v) is 3.11. The van der Waals surface area contributed by atoms with Crippen LogP contribution in [0.4, 0.5) is 4.39 Å². The van der Waals surface area contributed by atoms with Gasteiger partial charge in [-0.15, -0.1) is 0 Å². The molecule has 0 spiro atoms. The second-order valence-electron chi connectivity index (χ2n) is 4.23. The molecule has 0 heterocycles. The average molecular weight is 222 g/mol. The molecule has 2 heteroatoms. The van der Waals surface area contributed by atoms with Crippen molar-refractivity contribution in [1.82, 2.24) is 0 Å². The Labute approximate surface area is 96.7 Å². The third kappa shape index (κ3) is 3.16. The van der Waals surface area contributed by atoms with Crippen LogP contribution in [-0.2, 0) is 11.2 Å². The van der Waals surface area contributed by atoms with Crippen LogP contribution in [0.3, 0.4) is 0 Å². The summed E-state index contributed by atoms with van der Waals surface area (Å²) in [5.74, 6) is 0.167. The highest BCUT2D eigenvalue weighted by atomic mass is 19.1. The molecule has 0 aliphatic heterocycles. The number of hydrogen-bond donors (Lipinski definition) is 0. The molecule has 0 aromatic heterocycles. The first-order chi connectivity index (χ1) is 7.58. The van der Waals surface area contributed by atoms with Gasteiger partial charge in [0.1, 0.15) is 11.6 Å². The van der Waals surface area contributed by atoms with E-state index >= 15 is 0 Å². The molecule has 0 aliphatic carbocycles. The van der Waals surface area contributed by atoms with Gasteiger partial charge in [-0.05, 0) is 43.0 Å². The SMILES string of the molecule is CCC(CC)C(=O)Cc1ccc(F)cc1C. The summed E-state index contributed by atoms with van der Waals surface area (Å²) in [7, 11) is 0. The maximum atomic E-state index is 12.9. The predicted molar refractivity (Wildman–Crippen MR) is 63.9 cm³/mol. The fourth-order valence-electron chi connectivity index (χ4n) is 1.93. The summed E-state index contributed by atoms with van der Waals surface area (Å²) in [6.45, 7) is 5.91. The fraction of sp³-hybridized carbons (Fsp3) is 0.500. The zero-order chi connectivity index (χ0) is 12.1. The molecule has 0 saturated heterocycles. The summed E-state index contributed by atoms with van der Waals surface area (Å²) in [6.07, 6.45) is 2.20. The second kappa shape index (κ2) is 5.78. The molecule has 0 aliphatic rings. The average Bonchev–Trinajstić information content (AvgIpc) is 2.24. The third-order valence-electron chi connectivity index (χ3n) is 3.11. The number of rotatable bonds is 5. The van der Waals surface area contributed by atoms with Crippen molar-refractivity contribution in [1.29, 1.82) is 0 Å². The molecule has 0 bridgehead atoms. The lowest BCUT2D eigenvalue weighted by molar-refractivity contribution is -0.122. The van der Waals surface area contributed by atoms with Crippen LogP contribution in [0.5, 0.6) is 0 Å². The van der Waals surface area contributed by atoms with Crippen LogP contribution < -0.4 is 0 Å². The minimum atomic E-state index is -0.240. The molecule has 1 nitrogen and oxygen atoms in total. The molecule has 0 radical (unpaired) electrons. The second-order valence-corrected chi connectivity index (χ2v) is 4.23. The summed E-state index contributed by atoms with van der Waals surface area (Å²) >= 11 is 0. The van der Waals surface area contributed by atoms with Crippen LogP contribution in [0.25, 0.3) is 0 Å². The van der Waals surface area contributed by atoms with Crippen LogP contribution in [0.15, 0.2) is 18.2 Å². The highest BCUT2D eigenvalue weighted by molar-refractivity contribution is 5.83. The molecule has 0 atom stereocenters. The molecule has 0 N–H and O–H groups in total. The van der Waals surface area contributed by atoms with E-state index in [1.807, 2.05) is 20.8 Å². The van der Waals surface area contributed by atoms with E-state index in [1.165, 1.54) is 12.1 Å². The number of aryl methyl sites for hydroxylation is 1. The zero-order valence-corrected chi connectivity index (χ0v) is 10.2. The maximum Gasteiger partial charge on any atom is 0.140 e. The molecule has 0 unspecified atom stereocenters. The molecule has 1 rings (SSSR count). The van der Waals surface area contributed by atoms with E-state index in [0.717, 1.165) is 24.0 Å². The normalized spacial score (nSPS) is 10.8. The predicted octanol–water partition coefficient (Wildman–Crippen LogP) is 3.68. The fourth-order valence-corrected chi connectivity index (χ4v) is 1.93. The quantitative estimate of drug-likeness (QED) is 0.742. The van der Waals surface area contributed by atoms with Gasteiger partial charge in [0.2, 0.25) is 0 Å². The van der Waals surface area contributed by atoms with Gasteiger partial charge in [0.25, 0.3) is 0 Å². The van der Waals surface area contributed by atoms with E-state index in [4.69, 9.17) is 0 Å². The minimum Gasteiger partial charge on any atom is -0.299 e. The first kappa shape index (κ1) is 12.9. The number of hydrogen-bond acceptors (Lipinski definition) is 1. The highest BCUT2D eigenvalue weighted by Crippen LogP contribution is 2.16. The Bertz CT molecular complexity index is 367. The van der Waals surface area contributed by atoms with Crippen molar-refractivity contribution in [3.63, 3.8) is 0 Å². The number of ketones is 1. The number of carbonyl (C=O) groups excluding carboxylic acids is 1. The lowest BCUT2D eigenvalue weighted by Crippen LogP contribution is -2.15. The molecule has 1 aromatic rings. The standard InChI is InChI=1S/C14H19FO/c1-4-11(5-2)14(16)9-12-6-7-13(15)8-10(12)3/h6-8,11H,4-5,9H2,1-3H3. The molecular formula is C14H19FO. The molecule has 0 saturated carbocycles. The van der Waals surface area contributed by atoms with Gasteiger partial charge in [0, 0.05) is 12.3 Å². The molecule has 0 fully saturated rings. The Kier molecular flexibility index (Phi) is 4.66. The van der Waals surface area contributed by atoms with Crippen LogP contribution in [0.1, 0.15) is 37.8 Å². The Hall–Kier alpha value is -1.18. The first-order valence-electron chi connectivity index (χ1n) is 5.86. The molecule has 88 valence electrons. The van der Waals surface area contributed by atoms with Crippen LogP contribution in [0.2, 0.25) is 0 Å². The summed E-state index contributed by atoms with van der Waals surface area (Å²) in [5, 5.41) is 0. The topological polar surface area (TPSA) is 17.1 Å². The maximum absolute atomic E-state index is 12.9. The van der Waals surface area contributed by atoms with Gasteiger partial charge in [-0.2, -0.15) is 0 Å². The summed E-state index contributed by atoms with van der Waals surface area (Å²) < 4.78 is 12.9. The van der Waals surface area contributed by atoms with Gasteiger partial charge in [-0.3, -0.25) is 4.79 Å². The Morgan fingerprint density at radius 2 is 1.94 bits per heavy atom. The van der Waals surface area contributed by atoms with Crippen molar-refractivity contribution in [2.75, 3.05) is 0 Å². The molecular weight excluding hydrogens is 203 g/mol. The van der Waals surface area contributed by atoms with Gasteiger partial charge in [0.15, 0.2) is 0 Å². The van der Waals surface area contributed by atoms with Crippen molar-refractivity contribution < 1.29 is 9.18 Å². The van der Waals surface area contributed by atoms with E-state index < -0.39 is 0 Å². The van der Waals surface area contributed by atoms with Crippen LogP contribution >= 0.6 is 0 Å². The smallest absolute Gasteiger partial charge is 0.140 e. The van der Waals surface area contributed by atoms with Crippen molar-refractivity contribution in [2.24, 2.45) is 5.92 Å². The van der Waals surface area contributed by atoms with Crippen molar-refractivity contribution >= 4 is 5.78 Å². The van der Waals surface area contributed by atoms with E-state index in [1.54, 1.807) is 6.07 Å². The van der Waals surface area contributed by atoms with Gasteiger partial charge >= 0.3 is 0 Å². The Balaban J connectivity index is 2.76. The summed E-state index contributed by atoms with van der Waals surface area (Å²) in [5.41, 5.74) is 1.80. The van der Waals surface area contributed by atoms with Crippen molar-refractivity contribution in [3.05, 3.63) is 35.1 Å². The number of benzene rings is 1. The van der Waals surface area contributed by atoms with E-state index in [9.17, 15) is 9.18 Å². The minimum absolute atomic E-state index is 0.143.